The van der Waals surface area contributed by atoms with Crippen LogP contribution in [0.2, 0.25) is 0 Å². The van der Waals surface area contributed by atoms with Gasteiger partial charge in [-0.3, -0.25) is 9.63 Å². The molecule has 1 aromatic rings. The largest absolute Gasteiger partial charge is 0.326 e. The number of amides is 1. The fourth-order valence-electron chi connectivity index (χ4n) is 2.83. The van der Waals surface area contributed by atoms with Crippen LogP contribution in [0.5, 0.6) is 0 Å². The van der Waals surface area contributed by atoms with E-state index in [0.29, 0.717) is 6.42 Å². The monoisotopic (exact) mass is 352 g/mol. The number of unbranched alkanes of at least 4 members (excludes halogenated alkanes) is 10. The number of hydrogen-bond acceptors (Lipinski definition) is 2. The molecule has 0 saturated carbocycles. The zero-order valence-corrected chi connectivity index (χ0v) is 15.8. The summed E-state index contributed by atoms with van der Waals surface area (Å²) in [5.41, 5.74) is 1.57. The highest BCUT2D eigenvalue weighted by Gasteiger charge is 2.03. The normalized spacial score (nSPS) is 10.6. The Bertz CT molecular complexity index is 451. The molecular formula is C20H33ClN2O. The summed E-state index contributed by atoms with van der Waals surface area (Å²) in [4.78, 5) is 14.5. The van der Waals surface area contributed by atoms with Gasteiger partial charge in [0.05, 0.1) is 5.69 Å². The summed E-state index contributed by atoms with van der Waals surface area (Å²) in [5.74, 6) is 0.0812. The van der Waals surface area contributed by atoms with E-state index in [-0.39, 0.29) is 5.91 Å². The molecule has 3 nitrogen and oxygen atoms in total. The van der Waals surface area contributed by atoms with E-state index in [1.165, 1.54) is 57.8 Å². The zero-order chi connectivity index (χ0) is 17.5. The third-order valence-electron chi connectivity index (χ3n) is 4.26. The van der Waals surface area contributed by atoms with Crippen molar-refractivity contribution in [2.45, 2.75) is 84.0 Å². The van der Waals surface area contributed by atoms with E-state index in [1.54, 1.807) is 0 Å². The average Bonchev–Trinajstić information content (AvgIpc) is 2.60. The molecule has 0 unspecified atom stereocenters. The number of nitrogens with one attached hydrogen (secondary N) is 2. The van der Waals surface area contributed by atoms with Gasteiger partial charge in [0.1, 0.15) is 0 Å². The Hall–Kier alpha value is -1.22. The SMILES string of the molecule is CCCCCCCCCCCCCC(=O)Nc1cccc(NCl)c1. The Morgan fingerprint density at radius 2 is 1.42 bits per heavy atom. The minimum atomic E-state index is 0.0812. The van der Waals surface area contributed by atoms with Gasteiger partial charge in [0, 0.05) is 23.9 Å². The lowest BCUT2D eigenvalue weighted by atomic mass is 10.1. The van der Waals surface area contributed by atoms with Crippen molar-refractivity contribution < 1.29 is 4.79 Å². The third-order valence-corrected chi connectivity index (χ3v) is 4.48. The first-order valence-corrected chi connectivity index (χ1v) is 9.90. The van der Waals surface area contributed by atoms with Crippen LogP contribution in [0.1, 0.15) is 84.0 Å². The molecule has 0 atom stereocenters. The second-order valence-electron chi connectivity index (χ2n) is 6.51. The van der Waals surface area contributed by atoms with Crippen LogP contribution in [0, 0.1) is 0 Å². The van der Waals surface area contributed by atoms with Gasteiger partial charge in [-0.05, 0) is 24.6 Å². The van der Waals surface area contributed by atoms with Crippen LogP contribution >= 0.6 is 11.8 Å². The van der Waals surface area contributed by atoms with E-state index in [0.717, 1.165) is 24.2 Å². The molecule has 0 aromatic heterocycles. The number of benzene rings is 1. The van der Waals surface area contributed by atoms with Gasteiger partial charge in [0.25, 0.3) is 0 Å². The molecular weight excluding hydrogens is 320 g/mol. The maximum atomic E-state index is 11.9. The Labute approximate surface area is 152 Å². The lowest BCUT2D eigenvalue weighted by Crippen LogP contribution is -2.11. The minimum absolute atomic E-state index is 0.0812. The molecule has 0 aliphatic carbocycles. The second kappa shape index (κ2) is 14.2. The summed E-state index contributed by atoms with van der Waals surface area (Å²) in [6, 6.07) is 7.41. The van der Waals surface area contributed by atoms with Gasteiger partial charge >= 0.3 is 0 Å². The van der Waals surface area contributed by atoms with Crippen molar-refractivity contribution >= 4 is 29.1 Å². The van der Waals surface area contributed by atoms with Gasteiger partial charge in [-0.15, -0.1) is 0 Å². The van der Waals surface area contributed by atoms with Crippen LogP contribution in [0.25, 0.3) is 0 Å². The fraction of sp³-hybridized carbons (Fsp3) is 0.650. The highest BCUT2D eigenvalue weighted by molar-refractivity contribution is 6.24. The predicted molar refractivity (Wildman–Crippen MR) is 106 cm³/mol. The van der Waals surface area contributed by atoms with Crippen molar-refractivity contribution in [3.05, 3.63) is 24.3 Å². The van der Waals surface area contributed by atoms with Gasteiger partial charge in [-0.1, -0.05) is 77.2 Å². The first kappa shape index (κ1) is 20.8. The summed E-state index contributed by atoms with van der Waals surface area (Å²) in [5, 5.41) is 2.91. The first-order chi connectivity index (χ1) is 11.8. The molecule has 1 rings (SSSR count). The summed E-state index contributed by atoms with van der Waals surface area (Å²) in [6.45, 7) is 2.26. The molecule has 1 amide bonds. The second-order valence-corrected chi connectivity index (χ2v) is 6.70. The summed E-state index contributed by atoms with van der Waals surface area (Å²) >= 11 is 5.56. The molecule has 0 heterocycles. The molecule has 2 N–H and O–H groups in total. The van der Waals surface area contributed by atoms with Crippen LogP contribution in [-0.2, 0) is 4.79 Å². The molecule has 136 valence electrons. The molecule has 0 aliphatic rings. The van der Waals surface area contributed by atoms with Crippen molar-refractivity contribution in [2.24, 2.45) is 0 Å². The van der Waals surface area contributed by atoms with E-state index in [1.807, 2.05) is 24.3 Å². The van der Waals surface area contributed by atoms with Crippen LogP contribution < -0.4 is 10.2 Å². The number of rotatable bonds is 14. The molecule has 0 radical (unpaired) electrons. The highest BCUT2D eigenvalue weighted by Crippen LogP contribution is 2.16. The van der Waals surface area contributed by atoms with Crippen molar-refractivity contribution in [3.8, 4) is 0 Å². The van der Waals surface area contributed by atoms with Crippen LogP contribution in [0.4, 0.5) is 11.4 Å². The van der Waals surface area contributed by atoms with Gasteiger partial charge in [-0.25, -0.2) is 0 Å². The summed E-state index contributed by atoms with van der Waals surface area (Å²) < 4.78 is 0. The Morgan fingerprint density at radius 3 is 2.00 bits per heavy atom. The molecule has 4 heteroatoms. The third kappa shape index (κ3) is 10.5. The zero-order valence-electron chi connectivity index (χ0n) is 15.1. The van der Waals surface area contributed by atoms with E-state index in [9.17, 15) is 4.79 Å². The maximum absolute atomic E-state index is 11.9. The molecule has 0 saturated heterocycles. The van der Waals surface area contributed by atoms with Crippen molar-refractivity contribution in [1.29, 1.82) is 0 Å². The van der Waals surface area contributed by atoms with Crippen molar-refractivity contribution in [3.63, 3.8) is 0 Å². The van der Waals surface area contributed by atoms with Gasteiger partial charge in [-0.2, -0.15) is 0 Å². The maximum Gasteiger partial charge on any atom is 0.224 e. The summed E-state index contributed by atoms with van der Waals surface area (Å²) in [7, 11) is 0. The minimum Gasteiger partial charge on any atom is -0.326 e. The van der Waals surface area contributed by atoms with Crippen LogP contribution in [-0.4, -0.2) is 5.91 Å². The number of carbonyl (C=O) groups excluding carboxylic acids is 1. The van der Waals surface area contributed by atoms with E-state index in [4.69, 9.17) is 11.8 Å². The number of hydrogen-bond donors (Lipinski definition) is 2. The lowest BCUT2D eigenvalue weighted by Gasteiger charge is -2.07. The topological polar surface area (TPSA) is 41.1 Å². The molecule has 0 fully saturated rings. The van der Waals surface area contributed by atoms with Crippen LogP contribution in [0.15, 0.2) is 24.3 Å². The highest BCUT2D eigenvalue weighted by atomic mass is 35.5. The summed E-state index contributed by atoms with van der Waals surface area (Å²) in [6.07, 6.45) is 14.9. The Morgan fingerprint density at radius 1 is 0.875 bits per heavy atom. The average molecular weight is 353 g/mol. The van der Waals surface area contributed by atoms with E-state index in [2.05, 4.69) is 17.1 Å². The van der Waals surface area contributed by atoms with E-state index < -0.39 is 0 Å². The van der Waals surface area contributed by atoms with Crippen molar-refractivity contribution in [1.82, 2.24) is 0 Å². The first-order valence-electron chi connectivity index (χ1n) is 9.53. The van der Waals surface area contributed by atoms with E-state index >= 15 is 0 Å². The Balaban J connectivity index is 1.96. The fourth-order valence-corrected chi connectivity index (χ4v) is 2.95. The number of carbonyl (C=O) groups is 1. The molecule has 24 heavy (non-hydrogen) atoms. The van der Waals surface area contributed by atoms with Gasteiger partial charge in [0.2, 0.25) is 5.91 Å². The predicted octanol–water partition coefficient (Wildman–Crippen LogP) is 6.89. The Kier molecular flexibility index (Phi) is 12.3. The van der Waals surface area contributed by atoms with Crippen molar-refractivity contribution in [2.75, 3.05) is 10.2 Å². The molecule has 0 spiro atoms. The lowest BCUT2D eigenvalue weighted by molar-refractivity contribution is -0.116. The molecule has 0 bridgehead atoms. The number of halogens is 1. The van der Waals surface area contributed by atoms with Gasteiger partial charge in [0.15, 0.2) is 0 Å². The van der Waals surface area contributed by atoms with Gasteiger partial charge < -0.3 is 5.32 Å². The number of anilines is 2. The standard InChI is InChI=1S/C20H33ClN2O/c1-2-3-4-5-6-7-8-9-10-11-12-16-20(24)22-18-14-13-15-19(17-18)23-21/h13-15,17,23H,2-12,16H2,1H3,(H,22,24). The molecule has 0 aliphatic heterocycles. The van der Waals surface area contributed by atoms with Crippen LogP contribution in [0.3, 0.4) is 0 Å². The quantitative estimate of drug-likeness (QED) is 0.282. The molecule has 1 aromatic carbocycles. The smallest absolute Gasteiger partial charge is 0.224 e.